The Labute approximate surface area is 193 Å². The van der Waals surface area contributed by atoms with E-state index in [0.29, 0.717) is 0 Å². The predicted octanol–water partition coefficient (Wildman–Crippen LogP) is 2.89. The number of fused-ring (bicyclic) bond motifs is 3. The fraction of sp³-hybridized carbons (Fsp3) is 0.400. The molecule has 0 fully saturated rings. The SMILES string of the molecule is CC(C)C[C@H](NC(=O)OCC1c2ccccc2-c2ccccc21)C(=O)NC(C)(CO)C(=O)O. The molecular formula is C25H30N2O6. The van der Waals surface area contributed by atoms with Gasteiger partial charge in [0.1, 0.15) is 12.6 Å². The number of hydrogen-bond acceptors (Lipinski definition) is 5. The lowest BCUT2D eigenvalue weighted by atomic mass is 9.98. The summed E-state index contributed by atoms with van der Waals surface area (Å²) in [5.74, 6) is -2.15. The molecule has 1 aliphatic carbocycles. The van der Waals surface area contributed by atoms with Crippen LogP contribution in [0.5, 0.6) is 0 Å². The van der Waals surface area contributed by atoms with E-state index in [2.05, 4.69) is 10.6 Å². The van der Waals surface area contributed by atoms with Gasteiger partial charge in [0, 0.05) is 5.92 Å². The Morgan fingerprint density at radius 1 is 1.03 bits per heavy atom. The number of carbonyl (C=O) groups is 3. The molecule has 2 atom stereocenters. The molecule has 0 spiro atoms. The number of benzene rings is 2. The molecule has 2 aromatic carbocycles. The second kappa shape index (κ2) is 10.0. The molecule has 2 aromatic rings. The quantitative estimate of drug-likeness (QED) is 0.462. The molecule has 0 saturated carbocycles. The zero-order valence-electron chi connectivity index (χ0n) is 19.0. The van der Waals surface area contributed by atoms with E-state index in [4.69, 9.17) is 4.74 Å². The lowest BCUT2D eigenvalue weighted by Crippen LogP contribution is -2.59. The highest BCUT2D eigenvalue weighted by molar-refractivity contribution is 5.91. The topological polar surface area (TPSA) is 125 Å². The number of carbonyl (C=O) groups excluding carboxylic acids is 2. The molecule has 0 radical (unpaired) electrons. The van der Waals surface area contributed by atoms with Crippen molar-refractivity contribution in [3.05, 3.63) is 59.7 Å². The number of hydrogen-bond donors (Lipinski definition) is 4. The molecule has 0 saturated heterocycles. The van der Waals surface area contributed by atoms with Crippen molar-refractivity contribution in [1.82, 2.24) is 10.6 Å². The summed E-state index contributed by atoms with van der Waals surface area (Å²) < 4.78 is 5.51. The van der Waals surface area contributed by atoms with Gasteiger partial charge in [0.05, 0.1) is 6.61 Å². The standard InChI is InChI=1S/C25H30N2O6/c1-15(2)12-21(22(29)27-25(3,14-28)23(30)31)26-24(32)33-13-20-18-10-6-4-8-16(18)17-9-5-7-11-19(17)20/h4-11,15,20-21,28H,12-14H2,1-3H3,(H,26,32)(H,27,29)(H,30,31)/t21-,25?/m0/s1. The van der Waals surface area contributed by atoms with Gasteiger partial charge in [-0.05, 0) is 41.5 Å². The van der Waals surface area contributed by atoms with Gasteiger partial charge in [-0.1, -0.05) is 62.4 Å². The number of aliphatic hydroxyl groups excluding tert-OH is 1. The number of rotatable bonds is 9. The van der Waals surface area contributed by atoms with Crippen molar-refractivity contribution in [2.24, 2.45) is 5.92 Å². The Morgan fingerprint density at radius 2 is 1.58 bits per heavy atom. The van der Waals surface area contributed by atoms with Crippen molar-refractivity contribution in [3.63, 3.8) is 0 Å². The van der Waals surface area contributed by atoms with Crippen molar-refractivity contribution in [2.45, 2.75) is 44.7 Å². The maximum Gasteiger partial charge on any atom is 0.407 e. The number of aliphatic carboxylic acids is 1. The van der Waals surface area contributed by atoms with E-state index in [9.17, 15) is 24.6 Å². The van der Waals surface area contributed by atoms with E-state index in [-0.39, 0.29) is 24.9 Å². The second-order valence-corrected chi connectivity index (χ2v) is 8.94. The van der Waals surface area contributed by atoms with Crippen LogP contribution in [0.4, 0.5) is 4.79 Å². The molecular weight excluding hydrogens is 424 g/mol. The third kappa shape index (κ3) is 5.34. The Hall–Kier alpha value is -3.39. The third-order valence-corrected chi connectivity index (χ3v) is 5.85. The first kappa shape index (κ1) is 24.3. The summed E-state index contributed by atoms with van der Waals surface area (Å²) >= 11 is 0. The fourth-order valence-corrected chi connectivity index (χ4v) is 4.00. The van der Waals surface area contributed by atoms with Gasteiger partial charge in [0.15, 0.2) is 5.54 Å². The van der Waals surface area contributed by atoms with Crippen LogP contribution in [0.3, 0.4) is 0 Å². The molecule has 176 valence electrons. The molecule has 2 amide bonds. The summed E-state index contributed by atoms with van der Waals surface area (Å²) in [6.07, 6.45) is -0.490. The zero-order valence-corrected chi connectivity index (χ0v) is 19.0. The molecule has 8 heteroatoms. The van der Waals surface area contributed by atoms with Crippen LogP contribution in [-0.2, 0) is 14.3 Å². The zero-order chi connectivity index (χ0) is 24.2. The van der Waals surface area contributed by atoms with Gasteiger partial charge >= 0.3 is 12.1 Å². The first-order valence-electron chi connectivity index (χ1n) is 10.9. The maximum absolute atomic E-state index is 12.7. The predicted molar refractivity (Wildman–Crippen MR) is 123 cm³/mol. The molecule has 0 bridgehead atoms. The van der Waals surface area contributed by atoms with Crippen LogP contribution in [0, 0.1) is 5.92 Å². The number of ether oxygens (including phenoxy) is 1. The molecule has 0 aromatic heterocycles. The number of carboxylic acids is 1. The number of alkyl carbamates (subject to hydrolysis) is 1. The van der Waals surface area contributed by atoms with Crippen LogP contribution in [0.1, 0.15) is 44.2 Å². The van der Waals surface area contributed by atoms with Crippen molar-refractivity contribution in [3.8, 4) is 11.1 Å². The summed E-state index contributed by atoms with van der Waals surface area (Å²) in [7, 11) is 0. The smallest absolute Gasteiger partial charge is 0.407 e. The molecule has 1 aliphatic rings. The maximum atomic E-state index is 12.7. The number of nitrogens with one attached hydrogen (secondary N) is 2. The Balaban J connectivity index is 1.69. The van der Waals surface area contributed by atoms with Crippen LogP contribution in [-0.4, -0.2) is 53.0 Å². The van der Waals surface area contributed by atoms with Crippen LogP contribution in [0.2, 0.25) is 0 Å². The van der Waals surface area contributed by atoms with Crippen LogP contribution < -0.4 is 10.6 Å². The van der Waals surface area contributed by atoms with Gasteiger partial charge in [0.25, 0.3) is 0 Å². The van der Waals surface area contributed by atoms with E-state index < -0.39 is 36.2 Å². The monoisotopic (exact) mass is 454 g/mol. The van der Waals surface area contributed by atoms with Gasteiger partial charge in [0.2, 0.25) is 5.91 Å². The summed E-state index contributed by atoms with van der Waals surface area (Å²) in [6.45, 7) is 4.27. The van der Waals surface area contributed by atoms with E-state index in [0.717, 1.165) is 22.3 Å². The second-order valence-electron chi connectivity index (χ2n) is 8.94. The number of aliphatic hydroxyl groups is 1. The molecule has 0 heterocycles. The number of carboxylic acid groups (broad SMARTS) is 1. The highest BCUT2D eigenvalue weighted by Crippen LogP contribution is 2.44. The molecule has 33 heavy (non-hydrogen) atoms. The Morgan fingerprint density at radius 3 is 2.06 bits per heavy atom. The normalized spacial score (nSPS) is 15.2. The third-order valence-electron chi connectivity index (χ3n) is 5.85. The van der Waals surface area contributed by atoms with Gasteiger partial charge in [-0.2, -0.15) is 0 Å². The van der Waals surface area contributed by atoms with E-state index in [1.165, 1.54) is 6.92 Å². The summed E-state index contributed by atoms with van der Waals surface area (Å²) in [6, 6.07) is 14.9. The largest absolute Gasteiger partial charge is 0.479 e. The van der Waals surface area contributed by atoms with Gasteiger partial charge < -0.3 is 25.6 Å². The minimum absolute atomic E-state index is 0.0415. The van der Waals surface area contributed by atoms with Crippen molar-refractivity contribution in [1.29, 1.82) is 0 Å². The van der Waals surface area contributed by atoms with Gasteiger partial charge in [-0.15, -0.1) is 0 Å². The van der Waals surface area contributed by atoms with Crippen LogP contribution >= 0.6 is 0 Å². The fourth-order valence-electron chi connectivity index (χ4n) is 4.00. The minimum atomic E-state index is -1.85. The van der Waals surface area contributed by atoms with Gasteiger partial charge in [-0.25, -0.2) is 9.59 Å². The summed E-state index contributed by atoms with van der Waals surface area (Å²) in [4.78, 5) is 36.8. The van der Waals surface area contributed by atoms with Crippen molar-refractivity contribution in [2.75, 3.05) is 13.2 Å². The Kier molecular flexibility index (Phi) is 7.38. The average molecular weight is 455 g/mol. The summed E-state index contributed by atoms with van der Waals surface area (Å²) in [5, 5.41) is 23.6. The highest BCUT2D eigenvalue weighted by atomic mass is 16.5. The average Bonchev–Trinajstić information content (AvgIpc) is 3.10. The van der Waals surface area contributed by atoms with E-state index in [1.807, 2.05) is 62.4 Å². The first-order chi connectivity index (χ1) is 15.7. The van der Waals surface area contributed by atoms with Crippen LogP contribution in [0.15, 0.2) is 48.5 Å². The lowest BCUT2D eigenvalue weighted by molar-refractivity contribution is -0.149. The van der Waals surface area contributed by atoms with E-state index in [1.54, 1.807) is 0 Å². The molecule has 0 aliphatic heterocycles. The van der Waals surface area contributed by atoms with Crippen LogP contribution in [0.25, 0.3) is 11.1 Å². The molecule has 3 rings (SSSR count). The highest BCUT2D eigenvalue weighted by Gasteiger charge is 2.37. The van der Waals surface area contributed by atoms with Gasteiger partial charge in [-0.3, -0.25) is 4.79 Å². The molecule has 8 nitrogen and oxygen atoms in total. The first-order valence-corrected chi connectivity index (χ1v) is 10.9. The Bertz CT molecular complexity index is 992. The van der Waals surface area contributed by atoms with Crippen molar-refractivity contribution >= 4 is 18.0 Å². The molecule has 1 unspecified atom stereocenters. The van der Waals surface area contributed by atoms with Crippen molar-refractivity contribution < 1.29 is 29.3 Å². The summed E-state index contributed by atoms with van der Waals surface area (Å²) in [5.41, 5.74) is 2.51. The molecule has 4 N–H and O–H groups in total. The minimum Gasteiger partial charge on any atom is -0.479 e. The van der Waals surface area contributed by atoms with E-state index >= 15 is 0 Å². The lowest BCUT2D eigenvalue weighted by Gasteiger charge is -2.27. The number of amides is 2.